The predicted octanol–water partition coefficient (Wildman–Crippen LogP) is 3.80. The van der Waals surface area contributed by atoms with E-state index in [1.54, 1.807) is 49.8 Å². The molecule has 0 spiro atoms. The largest absolute Gasteiger partial charge is 0.493 e. The van der Waals surface area contributed by atoms with Crippen molar-refractivity contribution in [2.24, 2.45) is 0 Å². The van der Waals surface area contributed by atoms with Crippen LogP contribution in [0.15, 0.2) is 78.1 Å². The minimum atomic E-state index is -0.151. The Morgan fingerprint density at radius 3 is 2.70 bits per heavy atom. The highest BCUT2D eigenvalue weighted by atomic mass is 16.5. The maximum absolute atomic E-state index is 12.6. The number of fused-ring (bicyclic) bond motifs is 1. The van der Waals surface area contributed by atoms with Gasteiger partial charge in [0.15, 0.2) is 11.5 Å². The Labute approximate surface area is 190 Å². The van der Waals surface area contributed by atoms with Crippen LogP contribution in [0.25, 0.3) is 10.9 Å². The molecule has 2 aromatic carbocycles. The maximum Gasteiger partial charge on any atom is 0.261 e. The van der Waals surface area contributed by atoms with Crippen LogP contribution < -0.4 is 20.3 Å². The van der Waals surface area contributed by atoms with Gasteiger partial charge in [-0.15, -0.1) is 0 Å². The van der Waals surface area contributed by atoms with Gasteiger partial charge in [0.25, 0.3) is 5.56 Å². The van der Waals surface area contributed by atoms with E-state index in [9.17, 15) is 9.59 Å². The number of rotatable bonds is 9. The number of anilines is 1. The number of nitrogens with zero attached hydrogens (tertiary/aromatic N) is 3. The van der Waals surface area contributed by atoms with Crippen molar-refractivity contribution in [3.63, 3.8) is 0 Å². The number of aryl methyl sites for hydroxylation is 1. The van der Waals surface area contributed by atoms with Crippen LogP contribution >= 0.6 is 0 Å². The van der Waals surface area contributed by atoms with Gasteiger partial charge in [0.2, 0.25) is 5.91 Å². The second-order valence-electron chi connectivity index (χ2n) is 7.42. The lowest BCUT2D eigenvalue weighted by Crippen LogP contribution is -2.21. The molecule has 0 aliphatic rings. The summed E-state index contributed by atoms with van der Waals surface area (Å²) in [4.78, 5) is 33.3. The molecule has 0 aliphatic heterocycles. The van der Waals surface area contributed by atoms with Crippen LogP contribution in [0.5, 0.6) is 11.5 Å². The molecule has 0 saturated carbocycles. The van der Waals surface area contributed by atoms with E-state index in [2.05, 4.69) is 15.3 Å². The van der Waals surface area contributed by atoms with E-state index in [1.165, 1.54) is 10.9 Å². The average molecular weight is 444 g/mol. The molecule has 0 fully saturated rings. The Morgan fingerprint density at radius 2 is 1.88 bits per heavy atom. The van der Waals surface area contributed by atoms with E-state index in [0.717, 1.165) is 5.56 Å². The van der Waals surface area contributed by atoms with Crippen LogP contribution in [-0.4, -0.2) is 27.6 Å². The van der Waals surface area contributed by atoms with Crippen molar-refractivity contribution < 1.29 is 14.3 Å². The number of carbonyl (C=O) groups excluding carboxylic acids is 1. The first-order valence-electron chi connectivity index (χ1n) is 10.6. The van der Waals surface area contributed by atoms with Gasteiger partial charge in [-0.05, 0) is 48.4 Å². The summed E-state index contributed by atoms with van der Waals surface area (Å²) < 4.78 is 12.8. The number of carbonyl (C=O) groups is 1. The molecule has 0 radical (unpaired) electrons. The fourth-order valence-corrected chi connectivity index (χ4v) is 3.41. The van der Waals surface area contributed by atoms with Crippen LogP contribution in [0.1, 0.15) is 18.4 Å². The summed E-state index contributed by atoms with van der Waals surface area (Å²) in [6.45, 7) is 0.762. The lowest BCUT2D eigenvalue weighted by Gasteiger charge is -2.13. The molecule has 4 rings (SSSR count). The Hall–Kier alpha value is -4.20. The number of hydrogen-bond donors (Lipinski definition) is 1. The highest BCUT2D eigenvalue weighted by Gasteiger charge is 2.10. The van der Waals surface area contributed by atoms with Crippen molar-refractivity contribution in [3.8, 4) is 11.5 Å². The molecule has 8 nitrogen and oxygen atoms in total. The molecule has 33 heavy (non-hydrogen) atoms. The summed E-state index contributed by atoms with van der Waals surface area (Å²) in [6.07, 6.45) is 5.70. The van der Waals surface area contributed by atoms with Gasteiger partial charge in [0.05, 0.1) is 24.3 Å². The summed E-state index contributed by atoms with van der Waals surface area (Å²) in [7, 11) is 1.57. The molecule has 1 amide bonds. The summed E-state index contributed by atoms with van der Waals surface area (Å²) in [5, 5.41) is 3.45. The van der Waals surface area contributed by atoms with Gasteiger partial charge in [-0.1, -0.05) is 12.1 Å². The maximum atomic E-state index is 12.6. The number of para-hydroxylation sites is 1. The summed E-state index contributed by atoms with van der Waals surface area (Å²) >= 11 is 0. The molecule has 8 heteroatoms. The second-order valence-corrected chi connectivity index (χ2v) is 7.42. The van der Waals surface area contributed by atoms with Crippen LogP contribution in [0.2, 0.25) is 0 Å². The Balaban J connectivity index is 1.34. The standard InChI is InChI=1S/C25H24N4O4/c1-32-22-9-8-19(15-23(22)33-16-18-10-12-26-13-11-18)28-24(30)7-4-14-29-17-27-21-6-3-2-5-20(21)25(29)31/h2-3,5-6,8-13,15,17H,4,7,14,16H2,1H3,(H,28,30). The predicted molar refractivity (Wildman–Crippen MR) is 125 cm³/mol. The fourth-order valence-electron chi connectivity index (χ4n) is 3.41. The number of ether oxygens (including phenoxy) is 2. The number of hydrogen-bond acceptors (Lipinski definition) is 6. The molecule has 0 aliphatic carbocycles. The van der Waals surface area contributed by atoms with Gasteiger partial charge in [-0.2, -0.15) is 0 Å². The van der Waals surface area contributed by atoms with Gasteiger partial charge in [0, 0.05) is 37.1 Å². The van der Waals surface area contributed by atoms with Gasteiger partial charge in [-0.25, -0.2) is 4.98 Å². The van der Waals surface area contributed by atoms with Gasteiger partial charge < -0.3 is 14.8 Å². The number of benzene rings is 2. The minimum absolute atomic E-state index is 0.104. The molecule has 168 valence electrons. The van der Waals surface area contributed by atoms with Crippen molar-refractivity contribution in [3.05, 3.63) is 89.2 Å². The minimum Gasteiger partial charge on any atom is -0.493 e. The third-order valence-corrected chi connectivity index (χ3v) is 5.13. The van der Waals surface area contributed by atoms with E-state index in [1.807, 2.05) is 24.3 Å². The molecule has 2 aromatic heterocycles. The normalized spacial score (nSPS) is 10.7. The van der Waals surface area contributed by atoms with Gasteiger partial charge in [-0.3, -0.25) is 19.1 Å². The van der Waals surface area contributed by atoms with E-state index < -0.39 is 0 Å². The Kier molecular flexibility index (Phi) is 6.94. The van der Waals surface area contributed by atoms with Crippen molar-refractivity contribution in [1.29, 1.82) is 0 Å². The topological polar surface area (TPSA) is 95.3 Å². The molecule has 0 saturated heterocycles. The van der Waals surface area contributed by atoms with E-state index in [-0.39, 0.29) is 17.9 Å². The zero-order valence-corrected chi connectivity index (χ0v) is 18.2. The third kappa shape index (κ3) is 5.54. The molecule has 0 atom stereocenters. The van der Waals surface area contributed by atoms with Crippen LogP contribution in [0.4, 0.5) is 5.69 Å². The zero-order valence-electron chi connectivity index (χ0n) is 18.2. The highest BCUT2D eigenvalue weighted by molar-refractivity contribution is 5.91. The SMILES string of the molecule is COc1ccc(NC(=O)CCCn2cnc3ccccc3c2=O)cc1OCc1ccncc1. The number of nitrogens with one attached hydrogen (secondary N) is 1. The van der Waals surface area contributed by atoms with E-state index in [4.69, 9.17) is 9.47 Å². The number of aromatic nitrogens is 3. The lowest BCUT2D eigenvalue weighted by molar-refractivity contribution is -0.116. The van der Waals surface area contributed by atoms with Crippen molar-refractivity contribution in [1.82, 2.24) is 14.5 Å². The summed E-state index contributed by atoms with van der Waals surface area (Å²) in [5.74, 6) is 0.952. The summed E-state index contributed by atoms with van der Waals surface area (Å²) in [6, 6.07) is 16.2. The molecular weight excluding hydrogens is 420 g/mol. The third-order valence-electron chi connectivity index (χ3n) is 5.13. The number of amides is 1. The summed E-state index contributed by atoms with van der Waals surface area (Å²) in [5.41, 5.74) is 2.14. The van der Waals surface area contributed by atoms with Gasteiger partial charge >= 0.3 is 0 Å². The first-order chi connectivity index (χ1) is 16.1. The fraction of sp³-hybridized carbons (Fsp3) is 0.200. The highest BCUT2D eigenvalue weighted by Crippen LogP contribution is 2.31. The van der Waals surface area contributed by atoms with Crippen molar-refractivity contribution in [2.45, 2.75) is 26.0 Å². The molecule has 1 N–H and O–H groups in total. The average Bonchev–Trinajstić information content (AvgIpc) is 2.85. The first kappa shape index (κ1) is 22.0. The molecular formula is C25H24N4O4. The number of methoxy groups -OCH3 is 1. The van der Waals surface area contributed by atoms with Crippen LogP contribution in [-0.2, 0) is 17.9 Å². The molecule has 4 aromatic rings. The van der Waals surface area contributed by atoms with Crippen LogP contribution in [0.3, 0.4) is 0 Å². The monoisotopic (exact) mass is 444 g/mol. The van der Waals surface area contributed by atoms with Crippen molar-refractivity contribution >= 4 is 22.5 Å². The van der Waals surface area contributed by atoms with Gasteiger partial charge in [0.1, 0.15) is 6.61 Å². The molecule has 2 heterocycles. The van der Waals surface area contributed by atoms with E-state index in [0.29, 0.717) is 47.7 Å². The van der Waals surface area contributed by atoms with E-state index >= 15 is 0 Å². The van der Waals surface area contributed by atoms with Crippen LogP contribution in [0, 0.1) is 0 Å². The smallest absolute Gasteiger partial charge is 0.261 e. The zero-order chi connectivity index (χ0) is 23.0. The lowest BCUT2D eigenvalue weighted by atomic mass is 10.2. The van der Waals surface area contributed by atoms with Crippen molar-refractivity contribution in [2.75, 3.05) is 12.4 Å². The second kappa shape index (κ2) is 10.4. The molecule has 0 bridgehead atoms. The quantitative estimate of drug-likeness (QED) is 0.422. The Bertz CT molecular complexity index is 1300. The number of pyridine rings is 1. The Morgan fingerprint density at radius 1 is 1.06 bits per heavy atom. The molecule has 0 unspecified atom stereocenters. The first-order valence-corrected chi connectivity index (χ1v) is 10.6.